The van der Waals surface area contributed by atoms with Gasteiger partial charge in [0.25, 0.3) is 5.91 Å². The molecule has 7 nitrogen and oxygen atoms in total. The van der Waals surface area contributed by atoms with Crippen LogP contribution in [0.2, 0.25) is 0 Å². The Kier molecular flexibility index (Phi) is 4.19. The van der Waals surface area contributed by atoms with Gasteiger partial charge in [0.2, 0.25) is 0 Å². The van der Waals surface area contributed by atoms with Crippen LogP contribution < -0.4 is 5.32 Å². The summed E-state index contributed by atoms with van der Waals surface area (Å²) >= 11 is 6.10. The molecule has 2 saturated heterocycles. The van der Waals surface area contributed by atoms with E-state index in [9.17, 15) is 14.0 Å². The van der Waals surface area contributed by atoms with E-state index in [0.29, 0.717) is 0 Å². The molecule has 0 spiro atoms. The highest BCUT2D eigenvalue weighted by Gasteiger charge is 2.54. The number of amides is 3. The summed E-state index contributed by atoms with van der Waals surface area (Å²) in [6.45, 7) is 0.894. The molecule has 2 aliphatic rings. The number of hydrogen-bond acceptors (Lipinski definition) is 5. The topological polar surface area (TPSA) is 88.1 Å². The average Bonchev–Trinajstić information content (AvgIpc) is 2.74. The lowest BCUT2D eigenvalue weighted by molar-refractivity contribution is -0.155. The van der Waals surface area contributed by atoms with Crippen LogP contribution in [0.15, 0.2) is 0 Å². The van der Waals surface area contributed by atoms with Gasteiger partial charge in [-0.1, -0.05) is 0 Å². The maximum absolute atomic E-state index is 13.6. The smallest absolute Gasteiger partial charge is 0.328 e. The molecule has 0 saturated carbocycles. The molecule has 0 radical (unpaired) electrons. The first-order chi connectivity index (χ1) is 9.32. The van der Waals surface area contributed by atoms with Crippen LogP contribution in [0.4, 0.5) is 9.18 Å². The van der Waals surface area contributed by atoms with Gasteiger partial charge in [-0.15, -0.1) is 11.6 Å². The van der Waals surface area contributed by atoms with Gasteiger partial charge in [-0.25, -0.2) is 9.18 Å². The number of ether oxygens (including phenoxy) is 2. The third-order valence-electron chi connectivity index (χ3n) is 3.49. The molecule has 114 valence electrons. The molecule has 2 N–H and O–H groups in total. The lowest BCUT2D eigenvalue weighted by Crippen LogP contribution is -2.69. The molecule has 5 atom stereocenters. The van der Waals surface area contributed by atoms with Gasteiger partial charge in [-0.3, -0.25) is 15.0 Å². The molecule has 2 aliphatic heterocycles. The van der Waals surface area contributed by atoms with Crippen LogP contribution >= 0.6 is 11.6 Å². The molecule has 2 fully saturated rings. The largest absolute Gasteiger partial charge is 0.394 e. The van der Waals surface area contributed by atoms with Crippen molar-refractivity contribution in [2.75, 3.05) is 13.7 Å². The van der Waals surface area contributed by atoms with Crippen molar-refractivity contribution < 1.29 is 28.6 Å². The Morgan fingerprint density at radius 2 is 2.30 bits per heavy atom. The minimum Gasteiger partial charge on any atom is -0.394 e. The minimum atomic E-state index is -1.52. The molecule has 0 aromatic heterocycles. The number of carbonyl (C=O) groups excluding carboxylic acids is 2. The van der Waals surface area contributed by atoms with Gasteiger partial charge in [0, 0.05) is 13.5 Å². The summed E-state index contributed by atoms with van der Waals surface area (Å²) in [4.78, 5) is 23.2. The van der Waals surface area contributed by atoms with Crippen LogP contribution in [0.5, 0.6) is 0 Å². The molecular formula is C11H16ClFN2O5. The predicted molar refractivity (Wildman–Crippen MR) is 65.7 cm³/mol. The molecule has 0 aromatic carbocycles. The van der Waals surface area contributed by atoms with Crippen LogP contribution in [-0.4, -0.2) is 65.3 Å². The van der Waals surface area contributed by atoms with Crippen molar-refractivity contribution in [2.45, 2.75) is 43.0 Å². The van der Waals surface area contributed by atoms with E-state index in [1.807, 2.05) is 0 Å². The van der Waals surface area contributed by atoms with Crippen molar-refractivity contribution in [3.63, 3.8) is 0 Å². The highest BCUT2D eigenvalue weighted by molar-refractivity contribution is 6.36. The first kappa shape index (κ1) is 15.4. The number of hydrogen-bond donors (Lipinski definition) is 2. The second-order valence-corrected chi connectivity index (χ2v) is 5.68. The molecule has 3 amide bonds. The SMILES string of the molecule is CO[C@@H]1N([C@H]2C[C@H](F)[C@@H](CO)O2)C(=O)NC(=O)[C@@]1(C)Cl. The number of aliphatic hydroxyl groups excluding tert-OH is 1. The van der Waals surface area contributed by atoms with Crippen molar-refractivity contribution in [3.05, 3.63) is 0 Å². The molecule has 2 heterocycles. The normalized spacial score (nSPS) is 42.0. The molecule has 0 bridgehead atoms. The maximum atomic E-state index is 13.6. The lowest BCUT2D eigenvalue weighted by Gasteiger charge is -2.44. The summed E-state index contributed by atoms with van der Waals surface area (Å²) in [7, 11) is 1.29. The summed E-state index contributed by atoms with van der Waals surface area (Å²) in [6.07, 6.45) is -4.60. The minimum absolute atomic E-state index is 0.125. The number of rotatable bonds is 3. The van der Waals surface area contributed by atoms with E-state index in [2.05, 4.69) is 5.32 Å². The predicted octanol–water partition coefficient (Wildman–Crippen LogP) is -0.0464. The van der Waals surface area contributed by atoms with E-state index in [-0.39, 0.29) is 6.42 Å². The molecule has 0 aromatic rings. The molecule has 9 heteroatoms. The number of nitrogens with one attached hydrogen (secondary N) is 1. The lowest BCUT2D eigenvalue weighted by atomic mass is 10.0. The monoisotopic (exact) mass is 310 g/mol. The number of urea groups is 1. The zero-order chi connectivity index (χ0) is 15.1. The van der Waals surface area contributed by atoms with E-state index < -0.39 is 48.2 Å². The Balaban J connectivity index is 2.25. The molecule has 2 rings (SSSR count). The molecular weight excluding hydrogens is 295 g/mol. The second-order valence-electron chi connectivity index (χ2n) is 4.89. The number of alkyl halides is 2. The van der Waals surface area contributed by atoms with E-state index >= 15 is 0 Å². The van der Waals surface area contributed by atoms with Gasteiger partial charge in [0.1, 0.15) is 18.5 Å². The second kappa shape index (κ2) is 5.44. The number of imide groups is 1. The van der Waals surface area contributed by atoms with Crippen LogP contribution in [0.3, 0.4) is 0 Å². The summed E-state index contributed by atoms with van der Waals surface area (Å²) in [6, 6.07) is -0.768. The Morgan fingerprint density at radius 3 is 2.80 bits per heavy atom. The van der Waals surface area contributed by atoms with Crippen LogP contribution in [0.25, 0.3) is 0 Å². The zero-order valence-electron chi connectivity index (χ0n) is 11.0. The van der Waals surface area contributed by atoms with Gasteiger partial charge < -0.3 is 14.6 Å². The van der Waals surface area contributed by atoms with Gasteiger partial charge in [-0.05, 0) is 6.92 Å². The number of halogens is 2. The highest BCUT2D eigenvalue weighted by atomic mass is 35.5. The molecule has 20 heavy (non-hydrogen) atoms. The van der Waals surface area contributed by atoms with Gasteiger partial charge in [0.05, 0.1) is 6.61 Å². The van der Waals surface area contributed by atoms with Crippen LogP contribution in [0, 0.1) is 0 Å². The van der Waals surface area contributed by atoms with Crippen molar-refractivity contribution in [1.82, 2.24) is 10.2 Å². The van der Waals surface area contributed by atoms with Crippen molar-refractivity contribution in [3.8, 4) is 0 Å². The zero-order valence-corrected chi connectivity index (χ0v) is 11.8. The third-order valence-corrected chi connectivity index (χ3v) is 3.85. The fraction of sp³-hybridized carbons (Fsp3) is 0.818. The fourth-order valence-corrected chi connectivity index (χ4v) is 2.65. The van der Waals surface area contributed by atoms with Gasteiger partial charge in [-0.2, -0.15) is 0 Å². The van der Waals surface area contributed by atoms with Gasteiger partial charge >= 0.3 is 6.03 Å². The van der Waals surface area contributed by atoms with Crippen molar-refractivity contribution in [1.29, 1.82) is 0 Å². The fourth-order valence-electron chi connectivity index (χ4n) is 2.40. The highest BCUT2D eigenvalue weighted by Crippen LogP contribution is 2.34. The Labute approximate surface area is 119 Å². The quantitative estimate of drug-likeness (QED) is 0.714. The third kappa shape index (κ3) is 2.37. The van der Waals surface area contributed by atoms with E-state index in [1.54, 1.807) is 0 Å². The average molecular weight is 311 g/mol. The van der Waals surface area contributed by atoms with E-state index in [0.717, 1.165) is 4.90 Å². The first-order valence-corrected chi connectivity index (χ1v) is 6.46. The summed E-state index contributed by atoms with van der Waals surface area (Å²) < 4.78 is 24.0. The standard InChI is InChI=1S/C11H16ClFN2O5/c1-11(12)8(17)14-10(18)15(9(11)19-2)7-3-5(13)6(4-16)20-7/h5-7,9,16H,3-4H2,1-2H3,(H,14,17,18)/t5-,6+,7+,9-,11+/m0/s1. The Bertz CT molecular complexity index is 422. The number of nitrogens with zero attached hydrogens (tertiary/aromatic N) is 1. The summed E-state index contributed by atoms with van der Waals surface area (Å²) in [5, 5.41) is 11.1. The van der Waals surface area contributed by atoms with Crippen molar-refractivity contribution in [2.24, 2.45) is 0 Å². The van der Waals surface area contributed by atoms with Crippen LogP contribution in [0.1, 0.15) is 13.3 Å². The first-order valence-electron chi connectivity index (χ1n) is 6.08. The Morgan fingerprint density at radius 1 is 1.65 bits per heavy atom. The summed E-state index contributed by atoms with van der Waals surface area (Å²) in [5.41, 5.74) is 0. The molecule has 0 unspecified atom stereocenters. The van der Waals surface area contributed by atoms with Gasteiger partial charge in [0.15, 0.2) is 11.1 Å². The van der Waals surface area contributed by atoms with E-state index in [1.165, 1.54) is 14.0 Å². The number of aliphatic hydroxyl groups is 1. The van der Waals surface area contributed by atoms with Crippen molar-refractivity contribution >= 4 is 23.5 Å². The summed E-state index contributed by atoms with van der Waals surface area (Å²) in [5.74, 6) is -0.694. The number of carbonyl (C=O) groups is 2. The van der Waals surface area contributed by atoms with E-state index in [4.69, 9.17) is 26.2 Å². The maximum Gasteiger partial charge on any atom is 0.328 e. The van der Waals surface area contributed by atoms with Crippen LogP contribution in [-0.2, 0) is 14.3 Å². The molecule has 0 aliphatic carbocycles. The Hall–Kier alpha value is -0.960. The number of methoxy groups -OCH3 is 1.